The first kappa shape index (κ1) is 16.0. The Balaban J connectivity index is 1.80. The molecule has 2 nitrogen and oxygen atoms in total. The highest BCUT2D eigenvalue weighted by atomic mass is 15.1. The van der Waals surface area contributed by atoms with E-state index in [4.69, 9.17) is 0 Å². The fourth-order valence-electron chi connectivity index (χ4n) is 3.08. The zero-order valence-corrected chi connectivity index (χ0v) is 13.6. The molecule has 0 bridgehead atoms. The molecule has 0 radical (unpaired) electrons. The highest BCUT2D eigenvalue weighted by Crippen LogP contribution is 2.31. The van der Waals surface area contributed by atoms with Crippen LogP contribution >= 0.6 is 0 Å². The third kappa shape index (κ3) is 5.50. The minimum atomic E-state index is 0.569. The largest absolute Gasteiger partial charge is 0.154 e. The van der Waals surface area contributed by atoms with E-state index < -0.39 is 0 Å². The lowest BCUT2D eigenvalue weighted by Crippen LogP contribution is -2.13. The van der Waals surface area contributed by atoms with Gasteiger partial charge in [0.1, 0.15) is 5.69 Å². The molecule has 0 amide bonds. The van der Waals surface area contributed by atoms with Crippen molar-refractivity contribution in [3.8, 4) is 11.8 Å². The van der Waals surface area contributed by atoms with Crippen molar-refractivity contribution in [2.75, 3.05) is 0 Å². The van der Waals surface area contributed by atoms with E-state index in [2.05, 4.69) is 42.0 Å². The molecule has 1 saturated carbocycles. The van der Waals surface area contributed by atoms with Crippen molar-refractivity contribution in [1.82, 2.24) is 10.2 Å². The molecular formula is C19H28N2. The molecule has 1 aliphatic rings. The van der Waals surface area contributed by atoms with Crippen molar-refractivity contribution in [2.24, 2.45) is 11.8 Å². The van der Waals surface area contributed by atoms with Crippen molar-refractivity contribution in [3.63, 3.8) is 0 Å². The molecule has 21 heavy (non-hydrogen) atoms. The van der Waals surface area contributed by atoms with Gasteiger partial charge in [0.2, 0.25) is 0 Å². The van der Waals surface area contributed by atoms with Gasteiger partial charge in [0.15, 0.2) is 0 Å². The Morgan fingerprint density at radius 1 is 1.05 bits per heavy atom. The Labute approximate surface area is 129 Å². The number of unbranched alkanes of at least 4 members (excludes halogenated alkanes) is 1. The first-order valence-electron chi connectivity index (χ1n) is 8.66. The molecule has 0 atom stereocenters. The molecule has 0 unspecified atom stereocenters. The second-order valence-corrected chi connectivity index (χ2v) is 6.29. The van der Waals surface area contributed by atoms with Gasteiger partial charge in [0, 0.05) is 5.92 Å². The van der Waals surface area contributed by atoms with Crippen molar-refractivity contribution in [1.29, 1.82) is 0 Å². The van der Waals surface area contributed by atoms with Crippen molar-refractivity contribution < 1.29 is 0 Å². The van der Waals surface area contributed by atoms with E-state index in [0.29, 0.717) is 5.92 Å². The predicted octanol–water partition coefficient (Wildman–Crippen LogP) is 4.78. The van der Waals surface area contributed by atoms with E-state index >= 15 is 0 Å². The summed E-state index contributed by atoms with van der Waals surface area (Å²) in [5, 5.41) is 8.44. The normalized spacial score (nSPS) is 21.6. The van der Waals surface area contributed by atoms with Gasteiger partial charge in [-0.2, -0.15) is 5.10 Å². The maximum absolute atomic E-state index is 4.23. The Morgan fingerprint density at radius 2 is 1.86 bits per heavy atom. The molecule has 0 spiro atoms. The minimum absolute atomic E-state index is 0.569. The molecule has 0 N–H and O–H groups in total. The maximum atomic E-state index is 4.23. The summed E-state index contributed by atoms with van der Waals surface area (Å²) in [6.07, 6.45) is 11.5. The summed E-state index contributed by atoms with van der Waals surface area (Å²) < 4.78 is 0. The lowest BCUT2D eigenvalue weighted by atomic mass is 9.80. The van der Waals surface area contributed by atoms with Crippen LogP contribution in [0, 0.1) is 23.7 Å². The second-order valence-electron chi connectivity index (χ2n) is 6.29. The van der Waals surface area contributed by atoms with Gasteiger partial charge in [0.25, 0.3) is 0 Å². The van der Waals surface area contributed by atoms with Crippen LogP contribution < -0.4 is 0 Å². The fraction of sp³-hybridized carbons (Fsp3) is 0.684. The number of rotatable bonds is 5. The molecule has 114 valence electrons. The van der Waals surface area contributed by atoms with E-state index in [0.717, 1.165) is 30.1 Å². The van der Waals surface area contributed by atoms with Gasteiger partial charge in [-0.05, 0) is 56.1 Å². The Kier molecular flexibility index (Phi) is 6.73. The average molecular weight is 284 g/mol. The third-order valence-electron chi connectivity index (χ3n) is 4.44. The summed E-state index contributed by atoms with van der Waals surface area (Å²) in [5.74, 6) is 8.16. The van der Waals surface area contributed by atoms with Gasteiger partial charge in [0.05, 0.1) is 5.69 Å². The zero-order valence-electron chi connectivity index (χ0n) is 13.6. The molecule has 1 aromatic heterocycles. The molecule has 2 rings (SSSR count). The van der Waals surface area contributed by atoms with Crippen LogP contribution in [0.4, 0.5) is 0 Å². The maximum Gasteiger partial charge on any atom is 0.135 e. The Bertz CT molecular complexity index is 459. The predicted molar refractivity (Wildman–Crippen MR) is 87.9 cm³/mol. The first-order valence-corrected chi connectivity index (χ1v) is 8.66. The van der Waals surface area contributed by atoms with Crippen LogP contribution in [0.2, 0.25) is 0 Å². The van der Waals surface area contributed by atoms with E-state index in [1.807, 2.05) is 6.07 Å². The molecule has 1 aliphatic carbocycles. The van der Waals surface area contributed by atoms with Crippen LogP contribution in [-0.2, 0) is 6.42 Å². The standard InChI is InChI=1S/C19H28N2/c1-3-5-7-16-8-10-17(11-9-16)12-13-19-15-14-18(6-4-2)20-21-19/h14-17H,3-11H2,1-2H3. The number of aromatic nitrogens is 2. The van der Waals surface area contributed by atoms with Crippen molar-refractivity contribution in [3.05, 3.63) is 23.5 Å². The van der Waals surface area contributed by atoms with Crippen molar-refractivity contribution >= 4 is 0 Å². The highest BCUT2D eigenvalue weighted by molar-refractivity contribution is 5.27. The summed E-state index contributed by atoms with van der Waals surface area (Å²) in [5.41, 5.74) is 1.89. The lowest BCUT2D eigenvalue weighted by Gasteiger charge is -2.25. The van der Waals surface area contributed by atoms with Crippen LogP contribution in [-0.4, -0.2) is 10.2 Å². The average Bonchev–Trinajstić information content (AvgIpc) is 2.53. The molecule has 1 aromatic rings. The topological polar surface area (TPSA) is 25.8 Å². The fourth-order valence-corrected chi connectivity index (χ4v) is 3.08. The van der Waals surface area contributed by atoms with Crippen molar-refractivity contribution in [2.45, 2.75) is 71.6 Å². The molecular weight excluding hydrogens is 256 g/mol. The number of nitrogens with zero attached hydrogens (tertiary/aromatic N) is 2. The Morgan fingerprint density at radius 3 is 2.48 bits per heavy atom. The van der Waals surface area contributed by atoms with Gasteiger partial charge in [-0.1, -0.05) is 45.5 Å². The van der Waals surface area contributed by atoms with Crippen LogP contribution in [0.15, 0.2) is 12.1 Å². The van der Waals surface area contributed by atoms with Gasteiger partial charge in [-0.3, -0.25) is 0 Å². The summed E-state index contributed by atoms with van der Waals surface area (Å²) in [7, 11) is 0. The minimum Gasteiger partial charge on any atom is -0.154 e. The number of hydrogen-bond acceptors (Lipinski definition) is 2. The highest BCUT2D eigenvalue weighted by Gasteiger charge is 2.19. The van der Waals surface area contributed by atoms with Crippen LogP contribution in [0.1, 0.15) is 76.6 Å². The molecule has 2 heteroatoms. The molecule has 1 heterocycles. The van der Waals surface area contributed by atoms with Gasteiger partial charge in [-0.15, -0.1) is 5.10 Å². The molecule has 0 saturated heterocycles. The van der Waals surface area contributed by atoms with Gasteiger partial charge >= 0.3 is 0 Å². The SMILES string of the molecule is CCCCC1CCC(C#Cc2ccc(CCC)nn2)CC1. The smallest absolute Gasteiger partial charge is 0.135 e. The van der Waals surface area contributed by atoms with Crippen LogP contribution in [0.3, 0.4) is 0 Å². The summed E-state index contributed by atoms with van der Waals surface area (Å²) in [4.78, 5) is 0. The second kappa shape index (κ2) is 8.82. The summed E-state index contributed by atoms with van der Waals surface area (Å²) >= 11 is 0. The quantitative estimate of drug-likeness (QED) is 0.727. The summed E-state index contributed by atoms with van der Waals surface area (Å²) in [6.45, 7) is 4.44. The van der Waals surface area contributed by atoms with E-state index in [9.17, 15) is 0 Å². The van der Waals surface area contributed by atoms with Gasteiger partial charge in [-0.25, -0.2) is 0 Å². The third-order valence-corrected chi connectivity index (χ3v) is 4.44. The zero-order chi connectivity index (χ0) is 14.9. The monoisotopic (exact) mass is 284 g/mol. The van der Waals surface area contributed by atoms with Crippen LogP contribution in [0.25, 0.3) is 0 Å². The molecule has 0 aromatic carbocycles. The number of aryl methyl sites for hydroxylation is 1. The number of hydrogen-bond donors (Lipinski definition) is 0. The van der Waals surface area contributed by atoms with E-state index in [1.165, 1.54) is 44.9 Å². The van der Waals surface area contributed by atoms with Gasteiger partial charge < -0.3 is 0 Å². The van der Waals surface area contributed by atoms with E-state index in [1.54, 1.807) is 0 Å². The molecule has 0 aliphatic heterocycles. The van der Waals surface area contributed by atoms with E-state index in [-0.39, 0.29) is 0 Å². The lowest BCUT2D eigenvalue weighted by molar-refractivity contribution is 0.296. The first-order chi connectivity index (χ1) is 10.3. The summed E-state index contributed by atoms with van der Waals surface area (Å²) in [6, 6.07) is 4.07. The molecule has 1 fully saturated rings. The van der Waals surface area contributed by atoms with Crippen LogP contribution in [0.5, 0.6) is 0 Å². The Hall–Kier alpha value is -1.36.